The molecule has 1 N–H and O–H groups in total. The highest BCUT2D eigenvalue weighted by molar-refractivity contribution is 5.20. The number of hydrogen-bond donors (Lipinski definition) is 1. The van der Waals surface area contributed by atoms with Gasteiger partial charge in [0, 0.05) is 38.3 Å². The minimum Gasteiger partial charge on any atom is -0.379 e. The van der Waals surface area contributed by atoms with Crippen LogP contribution < -0.4 is 5.32 Å². The van der Waals surface area contributed by atoms with Crippen molar-refractivity contribution in [3.8, 4) is 0 Å². The maximum atomic E-state index is 5.31. The smallest absolute Gasteiger partial charge is 0.138 e. The van der Waals surface area contributed by atoms with Gasteiger partial charge < -0.3 is 14.6 Å². The van der Waals surface area contributed by atoms with Crippen molar-refractivity contribution in [2.75, 3.05) is 39.4 Å². The van der Waals surface area contributed by atoms with Crippen LogP contribution in [-0.2, 0) is 11.3 Å². The van der Waals surface area contributed by atoms with Gasteiger partial charge in [0.1, 0.15) is 5.76 Å². The van der Waals surface area contributed by atoms with Crippen molar-refractivity contribution < 1.29 is 9.26 Å². The van der Waals surface area contributed by atoms with Gasteiger partial charge in [-0.25, -0.2) is 0 Å². The number of aryl methyl sites for hydroxylation is 2. The number of ether oxygens (including phenoxy) is 1. The van der Waals surface area contributed by atoms with Crippen molar-refractivity contribution >= 4 is 0 Å². The molecule has 0 saturated carbocycles. The molecule has 0 amide bonds. The standard InChI is InChI=1S/C12H21N3O2/c1-10-12(11(2)17-14-10)9-13-3-4-15-5-7-16-8-6-15/h13H,3-9H2,1-2H3. The molecule has 0 atom stereocenters. The molecular formula is C12H21N3O2. The lowest BCUT2D eigenvalue weighted by Crippen LogP contribution is -2.40. The van der Waals surface area contributed by atoms with Crippen molar-refractivity contribution in [3.63, 3.8) is 0 Å². The molecule has 2 heterocycles. The lowest BCUT2D eigenvalue weighted by atomic mass is 10.2. The van der Waals surface area contributed by atoms with Gasteiger partial charge in [-0.1, -0.05) is 5.16 Å². The summed E-state index contributed by atoms with van der Waals surface area (Å²) in [5.41, 5.74) is 2.17. The van der Waals surface area contributed by atoms with Gasteiger partial charge in [-0.15, -0.1) is 0 Å². The highest BCUT2D eigenvalue weighted by atomic mass is 16.5. The SMILES string of the molecule is Cc1noc(C)c1CNCCN1CCOCC1. The van der Waals surface area contributed by atoms with Crippen LogP contribution in [0.25, 0.3) is 0 Å². The van der Waals surface area contributed by atoms with Crippen LogP contribution >= 0.6 is 0 Å². The van der Waals surface area contributed by atoms with Crippen LogP contribution in [-0.4, -0.2) is 49.4 Å². The largest absolute Gasteiger partial charge is 0.379 e. The molecule has 0 spiro atoms. The Balaban J connectivity index is 1.66. The summed E-state index contributed by atoms with van der Waals surface area (Å²) in [6.45, 7) is 10.7. The predicted octanol–water partition coefficient (Wildman–Crippen LogP) is 0.713. The molecule has 1 aliphatic heterocycles. The zero-order valence-electron chi connectivity index (χ0n) is 10.7. The molecule has 1 aliphatic rings. The highest BCUT2D eigenvalue weighted by Gasteiger charge is 2.10. The van der Waals surface area contributed by atoms with Crippen LogP contribution in [0.4, 0.5) is 0 Å². The maximum absolute atomic E-state index is 5.31. The van der Waals surface area contributed by atoms with Gasteiger partial charge in [0.25, 0.3) is 0 Å². The Kier molecular flexibility index (Phi) is 4.53. The summed E-state index contributed by atoms with van der Waals surface area (Å²) in [4.78, 5) is 2.42. The second-order valence-corrected chi connectivity index (χ2v) is 4.43. The third-order valence-electron chi connectivity index (χ3n) is 3.19. The monoisotopic (exact) mass is 239 g/mol. The summed E-state index contributed by atoms with van der Waals surface area (Å²) < 4.78 is 10.4. The Morgan fingerprint density at radius 3 is 2.71 bits per heavy atom. The van der Waals surface area contributed by atoms with E-state index in [4.69, 9.17) is 9.26 Å². The second kappa shape index (κ2) is 6.14. The molecule has 96 valence electrons. The van der Waals surface area contributed by atoms with Gasteiger partial charge in [0.15, 0.2) is 0 Å². The van der Waals surface area contributed by atoms with Crippen LogP contribution in [0.1, 0.15) is 17.0 Å². The molecule has 1 aromatic rings. The molecule has 0 radical (unpaired) electrons. The average molecular weight is 239 g/mol. The van der Waals surface area contributed by atoms with Crippen LogP contribution in [0, 0.1) is 13.8 Å². The van der Waals surface area contributed by atoms with E-state index >= 15 is 0 Å². The molecule has 0 bridgehead atoms. The topological polar surface area (TPSA) is 50.5 Å². The van der Waals surface area contributed by atoms with Gasteiger partial charge in [-0.3, -0.25) is 4.90 Å². The minimum atomic E-state index is 0.839. The van der Waals surface area contributed by atoms with E-state index < -0.39 is 0 Å². The van der Waals surface area contributed by atoms with Gasteiger partial charge in [-0.2, -0.15) is 0 Å². The highest BCUT2D eigenvalue weighted by Crippen LogP contribution is 2.11. The molecule has 17 heavy (non-hydrogen) atoms. The van der Waals surface area contributed by atoms with E-state index in [1.807, 2.05) is 13.8 Å². The van der Waals surface area contributed by atoms with Crippen LogP contribution in [0.2, 0.25) is 0 Å². The van der Waals surface area contributed by atoms with Crippen LogP contribution in [0.3, 0.4) is 0 Å². The van der Waals surface area contributed by atoms with Crippen molar-refractivity contribution in [2.45, 2.75) is 20.4 Å². The summed E-state index contributed by atoms with van der Waals surface area (Å²) in [7, 11) is 0. The average Bonchev–Trinajstić information content (AvgIpc) is 2.67. The molecule has 0 aromatic carbocycles. The fraction of sp³-hybridized carbons (Fsp3) is 0.750. The van der Waals surface area contributed by atoms with Crippen molar-refractivity contribution in [1.29, 1.82) is 0 Å². The van der Waals surface area contributed by atoms with Gasteiger partial charge in [0.05, 0.1) is 18.9 Å². The Hall–Kier alpha value is -0.910. The summed E-state index contributed by atoms with van der Waals surface area (Å²) in [6, 6.07) is 0. The second-order valence-electron chi connectivity index (χ2n) is 4.43. The number of nitrogens with one attached hydrogen (secondary N) is 1. The fourth-order valence-electron chi connectivity index (χ4n) is 2.03. The molecule has 0 unspecified atom stereocenters. The first-order valence-electron chi connectivity index (χ1n) is 6.20. The maximum Gasteiger partial charge on any atom is 0.138 e. The van der Waals surface area contributed by atoms with Crippen molar-refractivity contribution in [3.05, 3.63) is 17.0 Å². The molecule has 2 rings (SSSR count). The summed E-state index contributed by atoms with van der Waals surface area (Å²) in [5, 5.41) is 7.38. The summed E-state index contributed by atoms with van der Waals surface area (Å²) in [5.74, 6) is 0.918. The molecule has 5 nitrogen and oxygen atoms in total. The Labute approximate surface area is 102 Å². The fourth-order valence-corrected chi connectivity index (χ4v) is 2.03. The van der Waals surface area contributed by atoms with E-state index in [1.165, 1.54) is 5.56 Å². The van der Waals surface area contributed by atoms with Crippen LogP contribution in [0.5, 0.6) is 0 Å². The number of nitrogens with zero attached hydrogens (tertiary/aromatic N) is 2. The third-order valence-corrected chi connectivity index (χ3v) is 3.19. The zero-order chi connectivity index (χ0) is 12.1. The molecule has 5 heteroatoms. The Morgan fingerprint density at radius 1 is 1.29 bits per heavy atom. The Morgan fingerprint density at radius 2 is 2.06 bits per heavy atom. The first kappa shape index (κ1) is 12.5. The molecule has 0 aliphatic carbocycles. The minimum absolute atomic E-state index is 0.839. The van der Waals surface area contributed by atoms with E-state index in [0.29, 0.717) is 0 Å². The lowest BCUT2D eigenvalue weighted by molar-refractivity contribution is 0.0384. The summed E-state index contributed by atoms with van der Waals surface area (Å²) >= 11 is 0. The first-order valence-corrected chi connectivity index (χ1v) is 6.20. The van der Waals surface area contributed by atoms with Gasteiger partial charge >= 0.3 is 0 Å². The van der Waals surface area contributed by atoms with Crippen molar-refractivity contribution in [2.24, 2.45) is 0 Å². The number of rotatable bonds is 5. The van der Waals surface area contributed by atoms with Gasteiger partial charge in [0.2, 0.25) is 0 Å². The zero-order valence-corrected chi connectivity index (χ0v) is 10.7. The number of morpholine rings is 1. The lowest BCUT2D eigenvalue weighted by Gasteiger charge is -2.26. The van der Waals surface area contributed by atoms with E-state index in [2.05, 4.69) is 15.4 Å². The molecular weight excluding hydrogens is 218 g/mol. The van der Waals surface area contributed by atoms with E-state index in [-0.39, 0.29) is 0 Å². The normalized spacial score (nSPS) is 17.5. The molecule has 1 fully saturated rings. The quantitative estimate of drug-likeness (QED) is 0.767. The third kappa shape index (κ3) is 3.52. The predicted molar refractivity (Wildman–Crippen MR) is 64.9 cm³/mol. The van der Waals surface area contributed by atoms with E-state index in [9.17, 15) is 0 Å². The van der Waals surface area contributed by atoms with E-state index in [0.717, 1.165) is 57.4 Å². The van der Waals surface area contributed by atoms with E-state index in [1.54, 1.807) is 0 Å². The van der Waals surface area contributed by atoms with Gasteiger partial charge in [-0.05, 0) is 13.8 Å². The van der Waals surface area contributed by atoms with Crippen LogP contribution in [0.15, 0.2) is 4.52 Å². The molecule has 1 saturated heterocycles. The summed E-state index contributed by atoms with van der Waals surface area (Å²) in [6.07, 6.45) is 0. The molecule has 1 aromatic heterocycles. The number of hydrogen-bond acceptors (Lipinski definition) is 5. The Bertz CT molecular complexity index is 326. The van der Waals surface area contributed by atoms with Crippen molar-refractivity contribution in [1.82, 2.24) is 15.4 Å². The number of aromatic nitrogens is 1. The first-order chi connectivity index (χ1) is 8.27.